The number of ether oxygens (including phenoxy) is 2. The number of carbonyl (C=O) groups excluding carboxylic acids is 1. The summed E-state index contributed by atoms with van der Waals surface area (Å²) in [6, 6.07) is 13.7. The maximum absolute atomic E-state index is 14.7. The molecule has 144 valence electrons. The van der Waals surface area contributed by atoms with Gasteiger partial charge in [-0.2, -0.15) is 4.39 Å². The Kier molecular flexibility index (Phi) is 7.16. The van der Waals surface area contributed by atoms with E-state index >= 15 is 0 Å². The molecule has 1 atom stereocenters. The third-order valence-electron chi connectivity index (χ3n) is 3.70. The SMILES string of the molecule is CCCCCOc1ccc(NC(=O)C(F)(Oc2ccccc2)C(=O)O)cc1. The molecule has 0 radical (unpaired) electrons. The van der Waals surface area contributed by atoms with Crippen molar-refractivity contribution < 1.29 is 28.6 Å². The van der Waals surface area contributed by atoms with Crippen LogP contribution >= 0.6 is 0 Å². The van der Waals surface area contributed by atoms with Gasteiger partial charge in [0, 0.05) is 5.69 Å². The van der Waals surface area contributed by atoms with E-state index in [-0.39, 0.29) is 11.4 Å². The first-order chi connectivity index (χ1) is 13.0. The highest BCUT2D eigenvalue weighted by Gasteiger charge is 2.50. The fraction of sp³-hybridized carbons (Fsp3) is 0.300. The quantitative estimate of drug-likeness (QED) is 0.484. The molecule has 1 unspecified atom stereocenters. The third kappa shape index (κ3) is 5.70. The normalized spacial score (nSPS) is 12.7. The van der Waals surface area contributed by atoms with Gasteiger partial charge in [0.15, 0.2) is 0 Å². The van der Waals surface area contributed by atoms with Crippen molar-refractivity contribution in [3.63, 3.8) is 0 Å². The van der Waals surface area contributed by atoms with Gasteiger partial charge in [-0.15, -0.1) is 0 Å². The molecule has 7 heteroatoms. The predicted octanol–water partition coefficient (Wildman–Crippen LogP) is 4.02. The van der Waals surface area contributed by atoms with E-state index in [0.717, 1.165) is 19.3 Å². The molecule has 2 rings (SSSR count). The maximum atomic E-state index is 14.7. The number of aliphatic carboxylic acids is 1. The largest absolute Gasteiger partial charge is 0.494 e. The molecule has 2 aromatic carbocycles. The lowest BCUT2D eigenvalue weighted by Gasteiger charge is -2.21. The Balaban J connectivity index is 2.01. The molecule has 6 nitrogen and oxygen atoms in total. The van der Waals surface area contributed by atoms with Crippen molar-refractivity contribution in [2.75, 3.05) is 11.9 Å². The van der Waals surface area contributed by atoms with Gasteiger partial charge in [-0.3, -0.25) is 4.79 Å². The molecular formula is C20H22FNO5. The second kappa shape index (κ2) is 9.56. The van der Waals surface area contributed by atoms with Crippen molar-refractivity contribution in [2.24, 2.45) is 0 Å². The van der Waals surface area contributed by atoms with Crippen LogP contribution in [-0.4, -0.2) is 29.4 Å². The summed E-state index contributed by atoms with van der Waals surface area (Å²) in [7, 11) is 0. The number of unbranched alkanes of at least 4 members (excludes halogenated alkanes) is 2. The number of anilines is 1. The summed E-state index contributed by atoms with van der Waals surface area (Å²) in [6.45, 7) is 2.68. The van der Waals surface area contributed by atoms with Gasteiger partial charge in [-0.1, -0.05) is 38.0 Å². The zero-order valence-corrected chi connectivity index (χ0v) is 15.0. The molecule has 2 aromatic rings. The summed E-state index contributed by atoms with van der Waals surface area (Å²) in [5.74, 6) is -6.51. The zero-order valence-electron chi connectivity index (χ0n) is 15.0. The van der Waals surface area contributed by atoms with Gasteiger partial charge in [-0.25, -0.2) is 4.79 Å². The lowest BCUT2D eigenvalue weighted by molar-refractivity contribution is -0.178. The molecule has 0 saturated carbocycles. The highest BCUT2D eigenvalue weighted by Crippen LogP contribution is 2.23. The molecule has 0 spiro atoms. The Morgan fingerprint density at radius 3 is 2.30 bits per heavy atom. The fourth-order valence-corrected chi connectivity index (χ4v) is 2.23. The topological polar surface area (TPSA) is 84.9 Å². The van der Waals surface area contributed by atoms with Crippen molar-refractivity contribution in [1.29, 1.82) is 0 Å². The van der Waals surface area contributed by atoms with E-state index in [9.17, 15) is 14.0 Å². The van der Waals surface area contributed by atoms with Crippen molar-refractivity contribution in [3.05, 3.63) is 54.6 Å². The molecule has 0 fully saturated rings. The van der Waals surface area contributed by atoms with E-state index in [0.29, 0.717) is 12.4 Å². The minimum atomic E-state index is -3.56. The number of rotatable bonds is 10. The Bertz CT molecular complexity index is 751. The highest BCUT2D eigenvalue weighted by molar-refractivity contribution is 6.10. The van der Waals surface area contributed by atoms with E-state index in [1.54, 1.807) is 18.2 Å². The lowest BCUT2D eigenvalue weighted by atomic mass is 10.2. The number of alkyl halides is 1. The Morgan fingerprint density at radius 1 is 1.04 bits per heavy atom. The van der Waals surface area contributed by atoms with Crippen molar-refractivity contribution in [2.45, 2.75) is 32.0 Å². The lowest BCUT2D eigenvalue weighted by Crippen LogP contribution is -2.50. The van der Waals surface area contributed by atoms with Crippen LogP contribution in [0.25, 0.3) is 0 Å². The van der Waals surface area contributed by atoms with Crippen LogP contribution in [0.5, 0.6) is 11.5 Å². The molecule has 0 aromatic heterocycles. The molecule has 0 aliphatic carbocycles. The number of carboxylic acid groups (broad SMARTS) is 1. The van der Waals surface area contributed by atoms with Crippen molar-refractivity contribution >= 4 is 17.6 Å². The molecule has 2 N–H and O–H groups in total. The second-order valence-electron chi connectivity index (χ2n) is 5.85. The van der Waals surface area contributed by atoms with Crippen LogP contribution in [0, 0.1) is 0 Å². The highest BCUT2D eigenvalue weighted by atomic mass is 19.2. The third-order valence-corrected chi connectivity index (χ3v) is 3.70. The first kappa shape index (κ1) is 20.2. The number of carbonyl (C=O) groups is 2. The van der Waals surface area contributed by atoms with Crippen molar-refractivity contribution in [3.8, 4) is 11.5 Å². The Labute approximate surface area is 156 Å². The molecule has 1 amide bonds. The van der Waals surface area contributed by atoms with Crippen LogP contribution in [0.15, 0.2) is 54.6 Å². The maximum Gasteiger partial charge on any atom is 0.425 e. The van der Waals surface area contributed by atoms with Crippen LogP contribution < -0.4 is 14.8 Å². The van der Waals surface area contributed by atoms with E-state index in [2.05, 4.69) is 12.2 Å². The number of hydrogen-bond donors (Lipinski definition) is 2. The first-order valence-electron chi connectivity index (χ1n) is 8.66. The van der Waals surface area contributed by atoms with Gasteiger partial charge in [-0.05, 0) is 42.8 Å². The van der Waals surface area contributed by atoms with Crippen LogP contribution in [0.2, 0.25) is 0 Å². The molecular weight excluding hydrogens is 353 g/mol. The average Bonchev–Trinajstić information content (AvgIpc) is 2.67. The molecule has 0 aliphatic heterocycles. The number of nitrogens with one attached hydrogen (secondary N) is 1. The smallest absolute Gasteiger partial charge is 0.425 e. The number of amides is 1. The predicted molar refractivity (Wildman–Crippen MR) is 98.6 cm³/mol. The van der Waals surface area contributed by atoms with Gasteiger partial charge in [0.1, 0.15) is 11.5 Å². The van der Waals surface area contributed by atoms with Crippen molar-refractivity contribution in [1.82, 2.24) is 0 Å². The van der Waals surface area contributed by atoms with E-state index in [1.165, 1.54) is 36.4 Å². The zero-order chi connectivity index (χ0) is 19.7. The summed E-state index contributed by atoms with van der Waals surface area (Å²) in [5.41, 5.74) is 0.223. The first-order valence-corrected chi connectivity index (χ1v) is 8.66. The fourth-order valence-electron chi connectivity index (χ4n) is 2.23. The minimum absolute atomic E-state index is 0.0756. The summed E-state index contributed by atoms with van der Waals surface area (Å²) in [6.07, 6.45) is 3.10. The minimum Gasteiger partial charge on any atom is -0.494 e. The molecule has 27 heavy (non-hydrogen) atoms. The molecule has 0 heterocycles. The van der Waals surface area contributed by atoms with Gasteiger partial charge >= 0.3 is 17.7 Å². The van der Waals surface area contributed by atoms with Crippen LogP contribution in [-0.2, 0) is 9.59 Å². The van der Waals surface area contributed by atoms with Gasteiger partial charge in [0.25, 0.3) is 0 Å². The monoisotopic (exact) mass is 375 g/mol. The van der Waals surface area contributed by atoms with E-state index < -0.39 is 17.7 Å². The van der Waals surface area contributed by atoms with Crippen LogP contribution in [0.4, 0.5) is 10.1 Å². The number of halogens is 1. The number of benzene rings is 2. The average molecular weight is 375 g/mol. The molecule has 0 saturated heterocycles. The number of para-hydroxylation sites is 1. The Morgan fingerprint density at radius 2 is 1.70 bits per heavy atom. The number of hydrogen-bond acceptors (Lipinski definition) is 4. The van der Waals surface area contributed by atoms with Gasteiger partial charge < -0.3 is 19.9 Å². The number of carboxylic acids is 1. The van der Waals surface area contributed by atoms with Crippen LogP contribution in [0.3, 0.4) is 0 Å². The molecule has 0 bridgehead atoms. The van der Waals surface area contributed by atoms with E-state index in [1.807, 2.05) is 0 Å². The summed E-state index contributed by atoms with van der Waals surface area (Å²) in [4.78, 5) is 23.5. The Hall–Kier alpha value is -3.09. The summed E-state index contributed by atoms with van der Waals surface area (Å²) in [5, 5.41) is 11.4. The second-order valence-corrected chi connectivity index (χ2v) is 5.85. The summed E-state index contributed by atoms with van der Waals surface area (Å²) >= 11 is 0. The standard InChI is InChI=1S/C20H22FNO5/c1-2-3-7-14-26-16-12-10-15(11-13-16)22-18(23)20(21,19(24)25)27-17-8-5-4-6-9-17/h4-6,8-13H,2-3,7,14H2,1H3,(H,22,23)(H,24,25). The van der Waals surface area contributed by atoms with Gasteiger partial charge in [0.05, 0.1) is 6.61 Å². The van der Waals surface area contributed by atoms with Crippen LogP contribution in [0.1, 0.15) is 26.2 Å². The summed E-state index contributed by atoms with van der Waals surface area (Å²) < 4.78 is 25.1. The van der Waals surface area contributed by atoms with E-state index in [4.69, 9.17) is 14.6 Å². The van der Waals surface area contributed by atoms with Gasteiger partial charge in [0.2, 0.25) is 0 Å². The molecule has 0 aliphatic rings.